The highest BCUT2D eigenvalue weighted by Gasteiger charge is 2.36. The molecule has 1 fully saturated rings. The summed E-state index contributed by atoms with van der Waals surface area (Å²) in [5.74, 6) is 0. The molecular weight excluding hydrogens is 274 g/mol. The third kappa shape index (κ3) is 3.42. The molecule has 1 aromatic heterocycles. The fourth-order valence-electron chi connectivity index (χ4n) is 2.60. The number of sulfonamides is 1. The fraction of sp³-hybridized carbons (Fsp3) is 0.714. The summed E-state index contributed by atoms with van der Waals surface area (Å²) in [6.07, 6.45) is 6.07. The van der Waals surface area contributed by atoms with Crippen LogP contribution >= 0.6 is 0 Å². The lowest BCUT2D eigenvalue weighted by Gasteiger charge is -2.41. The molecular formula is C14H25N3O2S. The standard InChI is InChI=1S/C14H25N3O2S/c1-3-14(6-5-7-14)11-17-20(18,19)13-8-12(16-10-13)9-15-4-2/h8,10,15-17H,3-7,9,11H2,1-2H3. The normalized spacial score (nSPS) is 17.9. The topological polar surface area (TPSA) is 74.0 Å². The lowest BCUT2D eigenvalue weighted by molar-refractivity contribution is 0.133. The Bertz CT molecular complexity index is 527. The maximum atomic E-state index is 12.3. The second kappa shape index (κ2) is 6.28. The zero-order chi connectivity index (χ0) is 14.6. The molecule has 1 aliphatic carbocycles. The van der Waals surface area contributed by atoms with E-state index in [1.807, 2.05) is 6.92 Å². The monoisotopic (exact) mass is 299 g/mol. The third-order valence-electron chi connectivity index (χ3n) is 4.39. The van der Waals surface area contributed by atoms with Crippen LogP contribution in [0.25, 0.3) is 0 Å². The average molecular weight is 299 g/mol. The fourth-order valence-corrected chi connectivity index (χ4v) is 3.77. The first-order chi connectivity index (χ1) is 9.51. The molecule has 0 amide bonds. The molecule has 0 bridgehead atoms. The van der Waals surface area contributed by atoms with Gasteiger partial charge in [-0.15, -0.1) is 0 Å². The van der Waals surface area contributed by atoms with Crippen LogP contribution < -0.4 is 10.0 Å². The van der Waals surface area contributed by atoms with Gasteiger partial charge >= 0.3 is 0 Å². The predicted molar refractivity (Wildman–Crippen MR) is 79.9 cm³/mol. The van der Waals surface area contributed by atoms with E-state index in [4.69, 9.17) is 0 Å². The van der Waals surface area contributed by atoms with Crippen molar-refractivity contribution in [3.8, 4) is 0 Å². The van der Waals surface area contributed by atoms with E-state index in [-0.39, 0.29) is 5.41 Å². The van der Waals surface area contributed by atoms with Crippen LogP contribution in [0.3, 0.4) is 0 Å². The Labute approximate surface area is 121 Å². The third-order valence-corrected chi connectivity index (χ3v) is 5.77. The van der Waals surface area contributed by atoms with E-state index in [0.29, 0.717) is 18.0 Å². The lowest BCUT2D eigenvalue weighted by Crippen LogP contribution is -2.41. The van der Waals surface area contributed by atoms with Gasteiger partial charge in [0.25, 0.3) is 0 Å². The minimum atomic E-state index is -3.39. The van der Waals surface area contributed by atoms with Crippen molar-refractivity contribution in [2.45, 2.75) is 51.0 Å². The summed E-state index contributed by atoms with van der Waals surface area (Å²) in [5.41, 5.74) is 1.08. The number of aromatic nitrogens is 1. The van der Waals surface area contributed by atoms with Gasteiger partial charge in [-0.2, -0.15) is 0 Å². The summed E-state index contributed by atoms with van der Waals surface area (Å²) in [5, 5.41) is 3.17. The van der Waals surface area contributed by atoms with Crippen molar-refractivity contribution < 1.29 is 8.42 Å². The molecule has 5 nitrogen and oxygen atoms in total. The molecule has 0 saturated heterocycles. The van der Waals surface area contributed by atoms with Crippen LogP contribution in [0.4, 0.5) is 0 Å². The van der Waals surface area contributed by atoms with Crippen LogP contribution in [0, 0.1) is 5.41 Å². The molecule has 1 heterocycles. The Morgan fingerprint density at radius 3 is 2.65 bits per heavy atom. The minimum Gasteiger partial charge on any atom is -0.363 e. The smallest absolute Gasteiger partial charge is 0.242 e. The Hall–Kier alpha value is -0.850. The summed E-state index contributed by atoms with van der Waals surface area (Å²) >= 11 is 0. The molecule has 3 N–H and O–H groups in total. The Balaban J connectivity index is 1.97. The van der Waals surface area contributed by atoms with Gasteiger partial charge in [0.05, 0.1) is 4.90 Å². The number of hydrogen-bond acceptors (Lipinski definition) is 3. The zero-order valence-corrected chi connectivity index (χ0v) is 13.1. The highest BCUT2D eigenvalue weighted by Crippen LogP contribution is 2.43. The molecule has 0 aliphatic heterocycles. The maximum absolute atomic E-state index is 12.3. The highest BCUT2D eigenvalue weighted by molar-refractivity contribution is 7.89. The number of H-pyrrole nitrogens is 1. The largest absolute Gasteiger partial charge is 0.363 e. The number of hydrogen-bond donors (Lipinski definition) is 3. The van der Waals surface area contributed by atoms with Crippen molar-refractivity contribution >= 4 is 10.0 Å². The van der Waals surface area contributed by atoms with Crippen molar-refractivity contribution in [2.75, 3.05) is 13.1 Å². The van der Waals surface area contributed by atoms with E-state index in [1.54, 1.807) is 12.3 Å². The second-order valence-corrected chi connectivity index (χ2v) is 7.44. The van der Waals surface area contributed by atoms with Gasteiger partial charge < -0.3 is 10.3 Å². The zero-order valence-electron chi connectivity index (χ0n) is 12.3. The molecule has 114 valence electrons. The minimum absolute atomic E-state index is 0.190. The summed E-state index contributed by atoms with van der Waals surface area (Å²) in [6.45, 7) is 6.23. The quantitative estimate of drug-likeness (QED) is 0.687. The molecule has 0 spiro atoms. The van der Waals surface area contributed by atoms with Crippen LogP contribution in [0.15, 0.2) is 17.2 Å². The summed E-state index contributed by atoms with van der Waals surface area (Å²) < 4.78 is 27.3. The Morgan fingerprint density at radius 1 is 1.35 bits per heavy atom. The van der Waals surface area contributed by atoms with E-state index >= 15 is 0 Å². The highest BCUT2D eigenvalue weighted by atomic mass is 32.2. The average Bonchev–Trinajstić information content (AvgIpc) is 2.85. The van der Waals surface area contributed by atoms with Crippen LogP contribution in [-0.2, 0) is 16.6 Å². The molecule has 2 rings (SSSR count). The van der Waals surface area contributed by atoms with E-state index in [1.165, 1.54) is 6.42 Å². The lowest BCUT2D eigenvalue weighted by atomic mass is 9.67. The van der Waals surface area contributed by atoms with Gasteiger partial charge in [0.15, 0.2) is 0 Å². The number of nitrogens with one attached hydrogen (secondary N) is 3. The number of rotatable bonds is 8. The maximum Gasteiger partial charge on any atom is 0.242 e. The van der Waals surface area contributed by atoms with Crippen LogP contribution in [0.2, 0.25) is 0 Å². The van der Waals surface area contributed by atoms with Crippen LogP contribution in [-0.4, -0.2) is 26.5 Å². The van der Waals surface area contributed by atoms with Crippen molar-refractivity contribution in [1.82, 2.24) is 15.0 Å². The first kappa shape index (κ1) is 15.5. The van der Waals surface area contributed by atoms with Gasteiger partial charge in [0.2, 0.25) is 10.0 Å². The molecule has 0 atom stereocenters. The van der Waals surface area contributed by atoms with Crippen molar-refractivity contribution in [2.24, 2.45) is 5.41 Å². The molecule has 6 heteroatoms. The van der Waals surface area contributed by atoms with Gasteiger partial charge in [0.1, 0.15) is 0 Å². The van der Waals surface area contributed by atoms with Crippen molar-refractivity contribution in [1.29, 1.82) is 0 Å². The molecule has 20 heavy (non-hydrogen) atoms. The second-order valence-electron chi connectivity index (χ2n) is 5.67. The SMILES string of the molecule is CCNCc1cc(S(=O)(=O)NCC2(CC)CCC2)c[nH]1. The van der Waals surface area contributed by atoms with E-state index < -0.39 is 10.0 Å². The van der Waals surface area contributed by atoms with Gasteiger partial charge in [-0.1, -0.05) is 20.3 Å². The Kier molecular flexibility index (Phi) is 4.88. The van der Waals surface area contributed by atoms with E-state index in [0.717, 1.165) is 31.5 Å². The molecule has 0 aromatic carbocycles. The summed E-state index contributed by atoms with van der Waals surface area (Å²) in [7, 11) is -3.39. The first-order valence-electron chi connectivity index (χ1n) is 7.39. The van der Waals surface area contributed by atoms with Gasteiger partial charge in [-0.3, -0.25) is 0 Å². The first-order valence-corrected chi connectivity index (χ1v) is 8.87. The van der Waals surface area contributed by atoms with Crippen molar-refractivity contribution in [3.63, 3.8) is 0 Å². The molecule has 1 saturated carbocycles. The Morgan fingerprint density at radius 2 is 2.10 bits per heavy atom. The molecule has 0 radical (unpaired) electrons. The van der Waals surface area contributed by atoms with Crippen molar-refractivity contribution in [3.05, 3.63) is 18.0 Å². The summed E-state index contributed by atoms with van der Waals surface area (Å²) in [6, 6.07) is 1.70. The van der Waals surface area contributed by atoms with Crippen LogP contribution in [0.5, 0.6) is 0 Å². The van der Waals surface area contributed by atoms with Crippen LogP contribution in [0.1, 0.15) is 45.2 Å². The molecule has 1 aliphatic rings. The summed E-state index contributed by atoms with van der Waals surface area (Å²) in [4.78, 5) is 3.33. The number of aromatic amines is 1. The molecule has 1 aromatic rings. The van der Waals surface area contributed by atoms with Gasteiger partial charge in [-0.05, 0) is 37.3 Å². The van der Waals surface area contributed by atoms with E-state index in [2.05, 4.69) is 21.9 Å². The van der Waals surface area contributed by atoms with Gasteiger partial charge in [-0.25, -0.2) is 13.1 Å². The van der Waals surface area contributed by atoms with Gasteiger partial charge in [0, 0.05) is 25.0 Å². The van der Waals surface area contributed by atoms with E-state index in [9.17, 15) is 8.42 Å². The predicted octanol–water partition coefficient (Wildman–Crippen LogP) is 1.98. The molecule has 0 unspecified atom stereocenters.